The highest BCUT2D eigenvalue weighted by Gasteiger charge is 2.33. The Labute approximate surface area is 157 Å². The second kappa shape index (κ2) is 7.19. The second-order valence-corrected chi connectivity index (χ2v) is 6.75. The van der Waals surface area contributed by atoms with Gasteiger partial charge in [-0.3, -0.25) is 4.68 Å². The van der Waals surface area contributed by atoms with E-state index in [0.717, 1.165) is 28.6 Å². The zero-order valence-electron chi connectivity index (χ0n) is 15.4. The van der Waals surface area contributed by atoms with Crippen molar-refractivity contribution in [1.29, 1.82) is 0 Å². The first-order valence-corrected chi connectivity index (χ1v) is 8.92. The van der Waals surface area contributed by atoms with Crippen molar-refractivity contribution < 1.29 is 13.9 Å². The summed E-state index contributed by atoms with van der Waals surface area (Å²) >= 11 is 0. The van der Waals surface area contributed by atoms with Gasteiger partial charge in [-0.05, 0) is 56.3 Å². The number of nitrogens with one attached hydrogen (secondary N) is 1. The van der Waals surface area contributed by atoms with Crippen LogP contribution in [0.2, 0.25) is 0 Å². The highest BCUT2D eigenvalue weighted by Crippen LogP contribution is 2.24. The number of aryl methyl sites for hydroxylation is 2. The highest BCUT2D eigenvalue weighted by molar-refractivity contribution is 5.89. The predicted molar refractivity (Wildman–Crippen MR) is 101 cm³/mol. The van der Waals surface area contributed by atoms with Crippen LogP contribution in [-0.4, -0.2) is 33.8 Å². The number of furan rings is 1. The number of carbonyl (C=O) groups excluding carboxylic acids is 1. The first-order chi connectivity index (χ1) is 13.1. The van der Waals surface area contributed by atoms with Crippen molar-refractivity contribution >= 4 is 11.7 Å². The first kappa shape index (κ1) is 17.2. The molecule has 27 heavy (non-hydrogen) atoms. The van der Waals surface area contributed by atoms with E-state index in [1.165, 1.54) is 0 Å². The lowest BCUT2D eigenvalue weighted by Gasteiger charge is -2.39. The van der Waals surface area contributed by atoms with E-state index in [9.17, 15) is 4.79 Å². The zero-order chi connectivity index (χ0) is 18.8. The standard InChI is InChI=1S/C20H22N4O3/c1-14-10-15(2)24(22-14)17-11-23(12-17)20(25)21-16-5-7-18(8-6-16)27-13-19-4-3-9-26-19/h3-10,17H,11-13H2,1-2H3,(H,21,25). The molecule has 4 rings (SSSR count). The summed E-state index contributed by atoms with van der Waals surface area (Å²) in [6, 6.07) is 13.2. The van der Waals surface area contributed by atoms with Gasteiger partial charge in [-0.1, -0.05) is 0 Å². The molecular formula is C20H22N4O3. The van der Waals surface area contributed by atoms with Crippen LogP contribution in [0.15, 0.2) is 53.1 Å². The SMILES string of the molecule is Cc1cc(C)n(C2CN(C(=O)Nc3ccc(OCc4ccco4)cc3)C2)n1. The molecule has 0 unspecified atom stereocenters. The lowest BCUT2D eigenvalue weighted by Crippen LogP contribution is -2.52. The summed E-state index contributed by atoms with van der Waals surface area (Å²) in [5, 5.41) is 7.41. The van der Waals surface area contributed by atoms with Gasteiger partial charge in [-0.25, -0.2) is 4.79 Å². The molecule has 1 saturated heterocycles. The first-order valence-electron chi connectivity index (χ1n) is 8.92. The summed E-state index contributed by atoms with van der Waals surface area (Å²) in [5.41, 5.74) is 2.87. The van der Waals surface area contributed by atoms with Gasteiger partial charge in [0, 0.05) is 24.5 Å². The molecule has 0 bridgehead atoms. The van der Waals surface area contributed by atoms with Crippen LogP contribution in [-0.2, 0) is 6.61 Å². The summed E-state index contributed by atoms with van der Waals surface area (Å²) in [4.78, 5) is 14.1. The maximum atomic E-state index is 12.4. The van der Waals surface area contributed by atoms with Gasteiger partial charge < -0.3 is 19.4 Å². The number of nitrogens with zero attached hydrogens (tertiary/aromatic N) is 3. The number of rotatable bonds is 5. The minimum Gasteiger partial charge on any atom is -0.486 e. The Morgan fingerprint density at radius 3 is 2.67 bits per heavy atom. The lowest BCUT2D eigenvalue weighted by atomic mass is 10.1. The molecular weight excluding hydrogens is 344 g/mol. The molecule has 1 fully saturated rings. The largest absolute Gasteiger partial charge is 0.486 e. The number of hydrogen-bond donors (Lipinski definition) is 1. The van der Waals surface area contributed by atoms with Crippen molar-refractivity contribution in [3.05, 3.63) is 65.9 Å². The second-order valence-electron chi connectivity index (χ2n) is 6.75. The van der Waals surface area contributed by atoms with Crippen LogP contribution >= 0.6 is 0 Å². The number of urea groups is 1. The fourth-order valence-corrected chi connectivity index (χ4v) is 3.18. The summed E-state index contributed by atoms with van der Waals surface area (Å²) in [5.74, 6) is 1.49. The van der Waals surface area contributed by atoms with E-state index in [1.54, 1.807) is 11.2 Å². The van der Waals surface area contributed by atoms with Crippen molar-refractivity contribution in [3.63, 3.8) is 0 Å². The van der Waals surface area contributed by atoms with Crippen molar-refractivity contribution in [3.8, 4) is 5.75 Å². The van der Waals surface area contributed by atoms with Gasteiger partial charge in [0.2, 0.25) is 0 Å². The topological polar surface area (TPSA) is 72.5 Å². The molecule has 2 amide bonds. The van der Waals surface area contributed by atoms with Crippen LogP contribution in [0.3, 0.4) is 0 Å². The van der Waals surface area contributed by atoms with Gasteiger partial charge in [0.25, 0.3) is 0 Å². The number of benzene rings is 1. The molecule has 1 aliphatic heterocycles. The van der Waals surface area contributed by atoms with E-state index in [-0.39, 0.29) is 12.1 Å². The van der Waals surface area contributed by atoms with Crippen molar-refractivity contribution in [2.75, 3.05) is 18.4 Å². The minimum atomic E-state index is -0.1000. The highest BCUT2D eigenvalue weighted by atomic mass is 16.5. The molecule has 3 aromatic rings. The minimum absolute atomic E-state index is 0.1000. The quantitative estimate of drug-likeness (QED) is 0.746. The Morgan fingerprint density at radius 1 is 1.26 bits per heavy atom. The third kappa shape index (κ3) is 3.81. The number of likely N-dealkylation sites (tertiary alicyclic amines) is 1. The number of ether oxygens (including phenoxy) is 1. The monoisotopic (exact) mass is 366 g/mol. The van der Waals surface area contributed by atoms with Crippen LogP contribution in [0.25, 0.3) is 0 Å². The molecule has 0 spiro atoms. The third-order valence-electron chi connectivity index (χ3n) is 4.61. The third-order valence-corrected chi connectivity index (χ3v) is 4.61. The molecule has 0 atom stereocenters. The molecule has 1 aromatic carbocycles. The van der Waals surface area contributed by atoms with E-state index < -0.39 is 0 Å². The molecule has 3 heterocycles. The van der Waals surface area contributed by atoms with Gasteiger partial charge >= 0.3 is 6.03 Å². The summed E-state index contributed by atoms with van der Waals surface area (Å²) in [6.45, 7) is 5.73. The Balaban J connectivity index is 1.27. The molecule has 7 heteroatoms. The van der Waals surface area contributed by atoms with Crippen molar-refractivity contribution in [2.45, 2.75) is 26.5 Å². The predicted octanol–water partition coefficient (Wildman–Crippen LogP) is 3.76. The molecule has 0 saturated carbocycles. The Kier molecular flexibility index (Phi) is 4.58. The summed E-state index contributed by atoms with van der Waals surface area (Å²) in [6.07, 6.45) is 1.62. The molecule has 7 nitrogen and oxygen atoms in total. The van der Waals surface area contributed by atoms with Crippen LogP contribution in [0.1, 0.15) is 23.2 Å². The van der Waals surface area contributed by atoms with E-state index in [2.05, 4.69) is 16.5 Å². The fraction of sp³-hybridized carbons (Fsp3) is 0.300. The Bertz CT molecular complexity index is 909. The average molecular weight is 366 g/mol. The number of anilines is 1. The van der Waals surface area contributed by atoms with E-state index >= 15 is 0 Å². The van der Waals surface area contributed by atoms with Crippen LogP contribution < -0.4 is 10.1 Å². The van der Waals surface area contributed by atoms with Crippen LogP contribution in [0.4, 0.5) is 10.5 Å². The molecule has 0 aliphatic carbocycles. The Morgan fingerprint density at radius 2 is 2.04 bits per heavy atom. The van der Waals surface area contributed by atoms with Gasteiger partial charge in [-0.15, -0.1) is 0 Å². The van der Waals surface area contributed by atoms with Gasteiger partial charge in [-0.2, -0.15) is 5.10 Å². The summed E-state index contributed by atoms with van der Waals surface area (Å²) in [7, 11) is 0. The summed E-state index contributed by atoms with van der Waals surface area (Å²) < 4.78 is 12.9. The van der Waals surface area contributed by atoms with E-state index in [1.807, 2.05) is 54.9 Å². The molecule has 1 N–H and O–H groups in total. The maximum Gasteiger partial charge on any atom is 0.321 e. The number of hydrogen-bond acceptors (Lipinski definition) is 4. The van der Waals surface area contributed by atoms with Gasteiger partial charge in [0.05, 0.1) is 18.0 Å². The normalized spacial score (nSPS) is 14.1. The van der Waals surface area contributed by atoms with Crippen molar-refractivity contribution in [1.82, 2.24) is 14.7 Å². The van der Waals surface area contributed by atoms with Gasteiger partial charge in [0.15, 0.2) is 0 Å². The average Bonchev–Trinajstić information content (AvgIpc) is 3.23. The molecule has 0 radical (unpaired) electrons. The number of carbonyl (C=O) groups is 1. The van der Waals surface area contributed by atoms with Crippen LogP contribution in [0, 0.1) is 13.8 Å². The van der Waals surface area contributed by atoms with Crippen LogP contribution in [0.5, 0.6) is 5.75 Å². The van der Waals surface area contributed by atoms with Crippen molar-refractivity contribution in [2.24, 2.45) is 0 Å². The fourth-order valence-electron chi connectivity index (χ4n) is 3.18. The smallest absolute Gasteiger partial charge is 0.321 e. The van der Waals surface area contributed by atoms with Gasteiger partial charge in [0.1, 0.15) is 18.1 Å². The molecule has 140 valence electrons. The lowest BCUT2D eigenvalue weighted by molar-refractivity contribution is 0.127. The maximum absolute atomic E-state index is 12.4. The van der Waals surface area contributed by atoms with E-state index in [4.69, 9.17) is 9.15 Å². The number of amides is 2. The molecule has 2 aromatic heterocycles. The van der Waals surface area contributed by atoms with E-state index in [0.29, 0.717) is 19.7 Å². The molecule has 1 aliphatic rings. The zero-order valence-corrected chi connectivity index (χ0v) is 15.4. The number of aromatic nitrogens is 2. The Hall–Kier alpha value is -3.22.